The van der Waals surface area contributed by atoms with Crippen LogP contribution in [0, 0.1) is 0 Å². The van der Waals surface area contributed by atoms with Gasteiger partial charge in [-0.1, -0.05) is 44.2 Å². The van der Waals surface area contributed by atoms with Gasteiger partial charge in [-0.2, -0.15) is 0 Å². The Morgan fingerprint density at radius 1 is 1.11 bits per heavy atom. The first-order chi connectivity index (χ1) is 9.06. The van der Waals surface area contributed by atoms with Gasteiger partial charge >= 0.3 is 7.12 Å². The molecule has 0 bridgehead atoms. The summed E-state index contributed by atoms with van der Waals surface area (Å²) >= 11 is 0. The van der Waals surface area contributed by atoms with Gasteiger partial charge in [0.25, 0.3) is 0 Å². The molecule has 0 aliphatic carbocycles. The second-order valence-corrected chi connectivity index (χ2v) is 5.08. The molecule has 0 atom stereocenters. The summed E-state index contributed by atoms with van der Waals surface area (Å²) in [5.74, 6) is 0.537. The quantitative estimate of drug-likeness (QED) is 0.628. The smallest absolute Gasteiger partial charge is 0.423 e. The van der Waals surface area contributed by atoms with Crippen LogP contribution in [0.4, 0.5) is 0 Å². The molecular weight excluding hydrogens is 237 g/mol. The van der Waals surface area contributed by atoms with Gasteiger partial charge in [0.1, 0.15) is 0 Å². The summed E-state index contributed by atoms with van der Waals surface area (Å²) < 4.78 is 1.94. The molecule has 98 valence electrons. The van der Waals surface area contributed by atoms with Gasteiger partial charge in [-0.25, -0.2) is 4.57 Å². The van der Waals surface area contributed by atoms with Gasteiger partial charge in [0.2, 0.25) is 0 Å². The van der Waals surface area contributed by atoms with E-state index < -0.39 is 7.12 Å². The molecule has 0 fully saturated rings. The molecule has 0 radical (unpaired) electrons. The van der Waals surface area contributed by atoms with Crippen LogP contribution in [0.1, 0.15) is 30.9 Å². The van der Waals surface area contributed by atoms with Gasteiger partial charge in [0, 0.05) is 17.1 Å². The van der Waals surface area contributed by atoms with Crippen molar-refractivity contribution < 1.29 is 14.6 Å². The van der Waals surface area contributed by atoms with Crippen LogP contribution in [0.25, 0.3) is 0 Å². The maximum Gasteiger partial charge on any atom is 0.494 e. The topological polar surface area (TPSA) is 44.3 Å². The SMILES string of the molecule is CC(C)c1ccc(C[n+]2cccc(B(O)O)c2)cc1. The minimum Gasteiger partial charge on any atom is -0.423 e. The molecule has 0 saturated heterocycles. The summed E-state index contributed by atoms with van der Waals surface area (Å²) in [4.78, 5) is 0. The first kappa shape index (κ1) is 13.8. The zero-order valence-electron chi connectivity index (χ0n) is 11.3. The summed E-state index contributed by atoms with van der Waals surface area (Å²) in [6.45, 7) is 5.07. The Balaban J connectivity index is 2.14. The van der Waals surface area contributed by atoms with E-state index in [0.29, 0.717) is 11.4 Å². The first-order valence-electron chi connectivity index (χ1n) is 6.50. The molecule has 1 aromatic heterocycles. The number of nitrogens with zero attached hydrogens (tertiary/aromatic N) is 1. The summed E-state index contributed by atoms with van der Waals surface area (Å²) in [7, 11) is -1.42. The lowest BCUT2D eigenvalue weighted by atomic mass is 9.82. The molecule has 1 heterocycles. The third-order valence-corrected chi connectivity index (χ3v) is 3.19. The van der Waals surface area contributed by atoms with Gasteiger partial charge in [-0.15, -0.1) is 0 Å². The fourth-order valence-corrected chi connectivity index (χ4v) is 2.01. The second kappa shape index (κ2) is 6.00. The fourth-order valence-electron chi connectivity index (χ4n) is 2.01. The predicted octanol–water partition coefficient (Wildman–Crippen LogP) is 0.826. The molecule has 1 aromatic carbocycles. The Morgan fingerprint density at radius 3 is 2.37 bits per heavy atom. The van der Waals surface area contributed by atoms with E-state index in [1.54, 1.807) is 12.3 Å². The van der Waals surface area contributed by atoms with Crippen LogP contribution in [-0.4, -0.2) is 17.2 Å². The highest BCUT2D eigenvalue weighted by molar-refractivity contribution is 6.58. The van der Waals surface area contributed by atoms with Gasteiger partial charge in [0.15, 0.2) is 18.9 Å². The molecule has 19 heavy (non-hydrogen) atoms. The van der Waals surface area contributed by atoms with Crippen molar-refractivity contribution in [1.82, 2.24) is 0 Å². The average molecular weight is 256 g/mol. The number of aromatic nitrogens is 1. The van der Waals surface area contributed by atoms with Crippen LogP contribution in [0.15, 0.2) is 48.8 Å². The first-order valence-corrected chi connectivity index (χ1v) is 6.50. The molecule has 2 N–H and O–H groups in total. The van der Waals surface area contributed by atoms with E-state index in [9.17, 15) is 0 Å². The molecule has 0 saturated carbocycles. The van der Waals surface area contributed by atoms with E-state index in [0.717, 1.165) is 6.54 Å². The fraction of sp³-hybridized carbons (Fsp3) is 0.267. The monoisotopic (exact) mass is 256 g/mol. The van der Waals surface area contributed by atoms with Crippen molar-refractivity contribution in [3.8, 4) is 0 Å². The maximum atomic E-state index is 9.15. The maximum absolute atomic E-state index is 9.15. The molecule has 0 spiro atoms. The van der Waals surface area contributed by atoms with Gasteiger partial charge in [0.05, 0.1) is 0 Å². The van der Waals surface area contributed by atoms with Crippen LogP contribution < -0.4 is 10.0 Å². The largest absolute Gasteiger partial charge is 0.494 e. The van der Waals surface area contributed by atoms with Crippen LogP contribution in [0.3, 0.4) is 0 Å². The highest BCUT2D eigenvalue weighted by atomic mass is 16.4. The Morgan fingerprint density at radius 2 is 1.79 bits per heavy atom. The standard InChI is InChI=1S/C15H19BNO2/c1-12(2)14-7-5-13(6-8-14)10-17-9-3-4-15(11-17)16(18)19/h3-9,11-12,18-19H,10H2,1-2H3/q+1. The van der Waals surface area contributed by atoms with Crippen molar-refractivity contribution >= 4 is 12.6 Å². The minimum atomic E-state index is -1.42. The third kappa shape index (κ3) is 3.66. The lowest BCUT2D eigenvalue weighted by Crippen LogP contribution is -2.42. The van der Waals surface area contributed by atoms with Crippen molar-refractivity contribution in [1.29, 1.82) is 0 Å². The lowest BCUT2D eigenvalue weighted by Gasteiger charge is -2.05. The van der Waals surface area contributed by atoms with E-state index in [-0.39, 0.29) is 0 Å². The van der Waals surface area contributed by atoms with E-state index in [1.165, 1.54) is 11.1 Å². The summed E-state index contributed by atoms with van der Waals surface area (Å²) in [6, 6.07) is 12.0. The molecule has 2 aromatic rings. The van der Waals surface area contributed by atoms with Crippen LogP contribution in [-0.2, 0) is 6.54 Å². The lowest BCUT2D eigenvalue weighted by molar-refractivity contribution is -0.687. The molecule has 0 amide bonds. The third-order valence-electron chi connectivity index (χ3n) is 3.19. The normalized spacial score (nSPS) is 10.8. The van der Waals surface area contributed by atoms with Crippen molar-refractivity contribution in [2.75, 3.05) is 0 Å². The van der Waals surface area contributed by atoms with E-state index >= 15 is 0 Å². The van der Waals surface area contributed by atoms with E-state index in [4.69, 9.17) is 10.0 Å². The van der Waals surface area contributed by atoms with Crippen molar-refractivity contribution in [3.05, 3.63) is 59.9 Å². The Kier molecular flexibility index (Phi) is 4.35. The van der Waals surface area contributed by atoms with E-state index in [2.05, 4.69) is 38.1 Å². The van der Waals surface area contributed by atoms with Gasteiger partial charge in [-0.05, 0) is 11.5 Å². The molecule has 4 heteroatoms. The predicted molar refractivity (Wildman–Crippen MR) is 76.1 cm³/mol. The van der Waals surface area contributed by atoms with Crippen molar-refractivity contribution in [2.24, 2.45) is 0 Å². The highest BCUT2D eigenvalue weighted by Gasteiger charge is 2.15. The van der Waals surface area contributed by atoms with Gasteiger partial charge in [-0.3, -0.25) is 0 Å². The zero-order valence-corrected chi connectivity index (χ0v) is 11.3. The number of benzene rings is 1. The van der Waals surface area contributed by atoms with E-state index in [1.807, 2.05) is 16.8 Å². The Hall–Kier alpha value is -1.65. The average Bonchev–Trinajstić information content (AvgIpc) is 2.39. The summed E-state index contributed by atoms with van der Waals surface area (Å²) in [5, 5.41) is 18.3. The Bertz CT molecular complexity index is 538. The highest BCUT2D eigenvalue weighted by Crippen LogP contribution is 2.14. The van der Waals surface area contributed by atoms with Crippen LogP contribution in [0.5, 0.6) is 0 Å². The zero-order chi connectivity index (χ0) is 13.8. The molecular formula is C15H19BNO2+. The summed E-state index contributed by atoms with van der Waals surface area (Å²) in [6.07, 6.45) is 3.67. The van der Waals surface area contributed by atoms with Crippen LogP contribution in [0.2, 0.25) is 0 Å². The summed E-state index contributed by atoms with van der Waals surface area (Å²) in [5.41, 5.74) is 3.02. The number of pyridine rings is 1. The molecule has 0 aliphatic rings. The van der Waals surface area contributed by atoms with Crippen molar-refractivity contribution in [2.45, 2.75) is 26.3 Å². The minimum absolute atomic E-state index is 0.501. The van der Waals surface area contributed by atoms with Gasteiger partial charge < -0.3 is 10.0 Å². The molecule has 0 aliphatic heterocycles. The van der Waals surface area contributed by atoms with Crippen LogP contribution >= 0.6 is 0 Å². The molecule has 3 nitrogen and oxygen atoms in total. The second-order valence-electron chi connectivity index (χ2n) is 5.08. The molecule has 2 rings (SSSR count). The number of rotatable bonds is 4. The van der Waals surface area contributed by atoms with Crippen molar-refractivity contribution in [3.63, 3.8) is 0 Å². The number of hydrogen-bond donors (Lipinski definition) is 2. The number of hydrogen-bond acceptors (Lipinski definition) is 2. The Labute approximate surface area is 114 Å². The molecule has 0 unspecified atom stereocenters.